The summed E-state index contributed by atoms with van der Waals surface area (Å²) in [7, 11) is 0. The Labute approximate surface area is 232 Å². The Bertz CT molecular complexity index is 640. The summed E-state index contributed by atoms with van der Waals surface area (Å²) in [6, 6.07) is 7.25. The van der Waals surface area contributed by atoms with E-state index in [2.05, 4.69) is 12.2 Å². The molecule has 1 amide bonds. The van der Waals surface area contributed by atoms with Gasteiger partial charge in [-0.15, -0.1) is 0 Å². The summed E-state index contributed by atoms with van der Waals surface area (Å²) >= 11 is 0. The van der Waals surface area contributed by atoms with Crippen LogP contribution in [0.3, 0.4) is 0 Å². The van der Waals surface area contributed by atoms with Gasteiger partial charge in [0.1, 0.15) is 12.4 Å². The van der Waals surface area contributed by atoms with Crippen LogP contribution in [0, 0.1) is 0 Å². The standard InChI is InChI=1S/C31H55NO6/c1-3-4-5-6-7-8-9-10-11-12-13-14-15-20-34-21-22-35-23-24-36-25-26-37-27-28-38-31-18-16-30(17-19-31)32-29(2)33/h16-19H,3-15,20-28H2,1-2H3,(H,32,33). The molecule has 0 aromatic heterocycles. The van der Waals surface area contributed by atoms with Crippen molar-refractivity contribution in [3.8, 4) is 5.75 Å². The van der Waals surface area contributed by atoms with Crippen molar-refractivity contribution in [1.29, 1.82) is 0 Å². The van der Waals surface area contributed by atoms with E-state index in [1.807, 2.05) is 12.1 Å². The molecular formula is C31H55NO6. The summed E-state index contributed by atoms with van der Waals surface area (Å²) < 4.78 is 27.8. The maximum atomic E-state index is 11.0. The van der Waals surface area contributed by atoms with Crippen molar-refractivity contribution in [2.45, 2.75) is 97.3 Å². The summed E-state index contributed by atoms with van der Waals surface area (Å²) in [4.78, 5) is 11.0. The molecular weight excluding hydrogens is 482 g/mol. The van der Waals surface area contributed by atoms with Crippen LogP contribution in [0.1, 0.15) is 97.3 Å². The number of hydrogen-bond donors (Lipinski definition) is 1. The second-order valence-corrected chi connectivity index (χ2v) is 9.75. The van der Waals surface area contributed by atoms with Crippen molar-refractivity contribution in [1.82, 2.24) is 0 Å². The van der Waals surface area contributed by atoms with Crippen LogP contribution in [-0.2, 0) is 23.7 Å². The highest BCUT2D eigenvalue weighted by Crippen LogP contribution is 2.15. The Balaban J connectivity index is 1.70. The van der Waals surface area contributed by atoms with Crippen LogP contribution >= 0.6 is 0 Å². The summed E-state index contributed by atoms with van der Waals surface area (Å²) in [6.45, 7) is 8.98. The smallest absolute Gasteiger partial charge is 0.221 e. The third-order valence-corrected chi connectivity index (χ3v) is 6.18. The lowest BCUT2D eigenvalue weighted by molar-refractivity contribution is -0.114. The Morgan fingerprint density at radius 2 is 0.947 bits per heavy atom. The molecule has 7 heteroatoms. The van der Waals surface area contributed by atoms with Crippen molar-refractivity contribution in [3.05, 3.63) is 24.3 Å². The van der Waals surface area contributed by atoms with E-state index >= 15 is 0 Å². The molecule has 0 aliphatic carbocycles. The Kier molecular flexibility index (Phi) is 24.3. The van der Waals surface area contributed by atoms with Crippen molar-refractivity contribution >= 4 is 11.6 Å². The highest BCUT2D eigenvalue weighted by atomic mass is 16.6. The number of ether oxygens (including phenoxy) is 5. The number of nitrogens with one attached hydrogen (secondary N) is 1. The van der Waals surface area contributed by atoms with Crippen LogP contribution in [0.25, 0.3) is 0 Å². The van der Waals surface area contributed by atoms with E-state index in [9.17, 15) is 4.79 Å². The first-order valence-electron chi connectivity index (χ1n) is 15.0. The first-order chi connectivity index (χ1) is 18.7. The highest BCUT2D eigenvalue weighted by Gasteiger charge is 1.98. The molecule has 1 aromatic rings. The topological polar surface area (TPSA) is 75.2 Å². The number of rotatable bonds is 28. The Hall–Kier alpha value is -1.67. The van der Waals surface area contributed by atoms with Gasteiger partial charge in [0.15, 0.2) is 0 Å². The molecule has 0 aliphatic heterocycles. The second-order valence-electron chi connectivity index (χ2n) is 9.75. The minimum Gasteiger partial charge on any atom is -0.491 e. The molecule has 38 heavy (non-hydrogen) atoms. The molecule has 1 aromatic carbocycles. The first kappa shape index (κ1) is 34.4. The van der Waals surface area contributed by atoms with Crippen molar-refractivity contribution < 1.29 is 28.5 Å². The lowest BCUT2D eigenvalue weighted by atomic mass is 10.0. The number of carbonyl (C=O) groups excluding carboxylic acids is 1. The van der Waals surface area contributed by atoms with E-state index in [4.69, 9.17) is 23.7 Å². The van der Waals surface area contributed by atoms with Gasteiger partial charge in [-0.25, -0.2) is 0 Å². The normalized spacial score (nSPS) is 11.1. The lowest BCUT2D eigenvalue weighted by Crippen LogP contribution is -2.14. The predicted octanol–water partition coefficient (Wildman–Crippen LogP) is 7.18. The van der Waals surface area contributed by atoms with Gasteiger partial charge in [-0.2, -0.15) is 0 Å². The van der Waals surface area contributed by atoms with Gasteiger partial charge in [0.05, 0.1) is 46.2 Å². The maximum Gasteiger partial charge on any atom is 0.221 e. The van der Waals surface area contributed by atoms with E-state index < -0.39 is 0 Å². The largest absolute Gasteiger partial charge is 0.491 e. The summed E-state index contributed by atoms with van der Waals surface area (Å²) in [5.41, 5.74) is 0.750. The number of hydrogen-bond acceptors (Lipinski definition) is 6. The van der Waals surface area contributed by atoms with Gasteiger partial charge in [0, 0.05) is 19.2 Å². The SMILES string of the molecule is CCCCCCCCCCCCCCCOCCOCCOCCOCCOc1ccc(NC(C)=O)cc1. The van der Waals surface area contributed by atoms with Crippen molar-refractivity contribution in [2.24, 2.45) is 0 Å². The molecule has 0 bridgehead atoms. The fourth-order valence-electron chi connectivity index (χ4n) is 4.04. The highest BCUT2D eigenvalue weighted by molar-refractivity contribution is 5.88. The summed E-state index contributed by atoms with van der Waals surface area (Å²) in [5.74, 6) is 0.648. The van der Waals surface area contributed by atoms with Crippen LogP contribution in [0.2, 0.25) is 0 Å². The van der Waals surface area contributed by atoms with Crippen molar-refractivity contribution in [3.63, 3.8) is 0 Å². The minimum absolute atomic E-state index is 0.0923. The fraction of sp³-hybridized carbons (Fsp3) is 0.774. The summed E-state index contributed by atoms with van der Waals surface area (Å²) in [6.07, 6.45) is 17.8. The van der Waals surface area contributed by atoms with Gasteiger partial charge in [0.2, 0.25) is 5.91 Å². The molecule has 0 unspecified atom stereocenters. The average molecular weight is 538 g/mol. The molecule has 0 saturated carbocycles. The van der Waals surface area contributed by atoms with Gasteiger partial charge in [-0.1, -0.05) is 84.0 Å². The molecule has 1 N–H and O–H groups in total. The zero-order chi connectivity index (χ0) is 27.4. The van der Waals surface area contributed by atoms with E-state index in [-0.39, 0.29) is 5.91 Å². The van der Waals surface area contributed by atoms with Gasteiger partial charge in [-0.05, 0) is 30.7 Å². The zero-order valence-electron chi connectivity index (χ0n) is 24.3. The van der Waals surface area contributed by atoms with E-state index in [1.165, 1.54) is 84.0 Å². The molecule has 0 radical (unpaired) electrons. The zero-order valence-corrected chi connectivity index (χ0v) is 24.3. The van der Waals surface area contributed by atoms with Crippen LogP contribution in [0.5, 0.6) is 5.75 Å². The van der Waals surface area contributed by atoms with Gasteiger partial charge in [0.25, 0.3) is 0 Å². The quantitative estimate of drug-likeness (QED) is 0.114. The number of benzene rings is 1. The number of amides is 1. The molecule has 0 aliphatic rings. The number of carbonyl (C=O) groups is 1. The first-order valence-corrected chi connectivity index (χ1v) is 15.0. The fourth-order valence-corrected chi connectivity index (χ4v) is 4.04. The number of anilines is 1. The molecule has 0 fully saturated rings. The van der Waals surface area contributed by atoms with Crippen LogP contribution in [0.4, 0.5) is 5.69 Å². The minimum atomic E-state index is -0.0923. The van der Waals surface area contributed by atoms with Crippen LogP contribution in [0.15, 0.2) is 24.3 Å². The summed E-state index contributed by atoms with van der Waals surface area (Å²) in [5, 5.41) is 2.72. The Morgan fingerprint density at radius 1 is 0.553 bits per heavy atom. The monoisotopic (exact) mass is 537 g/mol. The Morgan fingerprint density at radius 3 is 1.39 bits per heavy atom. The second kappa shape index (κ2) is 26.9. The molecule has 0 spiro atoms. The molecule has 0 heterocycles. The predicted molar refractivity (Wildman–Crippen MR) is 155 cm³/mol. The lowest BCUT2D eigenvalue weighted by Gasteiger charge is -2.09. The molecule has 0 atom stereocenters. The van der Waals surface area contributed by atoms with Crippen LogP contribution in [-0.4, -0.2) is 65.4 Å². The van der Waals surface area contributed by atoms with Crippen molar-refractivity contribution in [2.75, 3.05) is 64.8 Å². The average Bonchev–Trinajstić information content (AvgIpc) is 2.91. The van der Waals surface area contributed by atoms with Gasteiger partial charge in [-0.3, -0.25) is 4.79 Å². The number of unbranched alkanes of at least 4 members (excludes halogenated alkanes) is 12. The maximum absolute atomic E-state index is 11.0. The van der Waals surface area contributed by atoms with E-state index in [1.54, 1.807) is 12.1 Å². The van der Waals surface area contributed by atoms with Gasteiger partial charge < -0.3 is 29.0 Å². The molecule has 0 saturated heterocycles. The van der Waals surface area contributed by atoms with Crippen LogP contribution < -0.4 is 10.1 Å². The molecule has 7 nitrogen and oxygen atoms in total. The third-order valence-electron chi connectivity index (χ3n) is 6.18. The molecule has 1 rings (SSSR count). The van der Waals surface area contributed by atoms with E-state index in [0.717, 1.165) is 24.5 Å². The van der Waals surface area contributed by atoms with E-state index in [0.29, 0.717) is 52.9 Å². The molecule has 220 valence electrons. The van der Waals surface area contributed by atoms with Gasteiger partial charge >= 0.3 is 0 Å². The third kappa shape index (κ3) is 23.4.